The normalized spacial score (nSPS) is 15.7. The van der Waals surface area contributed by atoms with E-state index in [1.54, 1.807) is 6.07 Å². The van der Waals surface area contributed by atoms with Crippen molar-refractivity contribution in [3.8, 4) is 11.3 Å². The summed E-state index contributed by atoms with van der Waals surface area (Å²) in [5, 5.41) is 0. The number of carbonyl (C=O) groups excluding carboxylic acids is 1. The van der Waals surface area contributed by atoms with Crippen LogP contribution in [0.4, 0.5) is 5.88 Å². The first-order chi connectivity index (χ1) is 10.7. The quantitative estimate of drug-likeness (QED) is 0.855. The van der Waals surface area contributed by atoms with Gasteiger partial charge in [-0.25, -0.2) is 4.79 Å². The summed E-state index contributed by atoms with van der Waals surface area (Å²) in [6, 6.07) is 10.0. The number of nitrogens with two attached hydrogens (primary N) is 1. The summed E-state index contributed by atoms with van der Waals surface area (Å²) in [5.74, 6) is 0.882. The number of carbonyl (C=O) groups is 1. The number of ether oxygens (including phenoxy) is 1. The number of anilines is 1. The van der Waals surface area contributed by atoms with Gasteiger partial charge in [-0.15, -0.1) is 0 Å². The van der Waals surface area contributed by atoms with E-state index in [0.717, 1.165) is 5.56 Å². The Morgan fingerprint density at radius 2 is 1.86 bits per heavy atom. The SMILES string of the molecule is COC(=O)c1cc(-c2ccc(C3CCCCC3)cc2)oc1N. The molecular weight excluding hydrogens is 278 g/mol. The van der Waals surface area contributed by atoms with Gasteiger partial charge in [0.1, 0.15) is 11.3 Å². The molecule has 1 heterocycles. The van der Waals surface area contributed by atoms with Crippen molar-refractivity contribution in [1.29, 1.82) is 0 Å². The molecule has 0 bridgehead atoms. The highest BCUT2D eigenvalue weighted by Crippen LogP contribution is 2.34. The van der Waals surface area contributed by atoms with E-state index in [4.69, 9.17) is 10.2 Å². The fraction of sp³-hybridized carbons (Fsp3) is 0.389. The Kier molecular flexibility index (Phi) is 4.18. The molecular formula is C18H21NO3. The van der Waals surface area contributed by atoms with Crippen molar-refractivity contribution >= 4 is 11.9 Å². The Labute approximate surface area is 130 Å². The van der Waals surface area contributed by atoms with Crippen molar-refractivity contribution in [2.24, 2.45) is 0 Å². The molecule has 22 heavy (non-hydrogen) atoms. The molecule has 0 atom stereocenters. The predicted octanol–water partition coefficient (Wildman–Crippen LogP) is 4.36. The number of furan rings is 1. The molecule has 1 fully saturated rings. The lowest BCUT2D eigenvalue weighted by Gasteiger charge is -2.21. The van der Waals surface area contributed by atoms with E-state index in [1.807, 2.05) is 12.1 Å². The van der Waals surface area contributed by atoms with E-state index in [1.165, 1.54) is 44.8 Å². The molecule has 0 unspecified atom stereocenters. The summed E-state index contributed by atoms with van der Waals surface area (Å²) in [4.78, 5) is 11.6. The fourth-order valence-corrected chi connectivity index (χ4v) is 3.17. The molecule has 4 nitrogen and oxygen atoms in total. The molecule has 0 aliphatic heterocycles. The minimum absolute atomic E-state index is 0.0956. The average Bonchev–Trinajstić information content (AvgIpc) is 2.97. The highest BCUT2D eigenvalue weighted by Gasteiger charge is 2.18. The van der Waals surface area contributed by atoms with Gasteiger partial charge < -0.3 is 14.9 Å². The molecule has 1 aromatic heterocycles. The van der Waals surface area contributed by atoms with Crippen molar-refractivity contribution in [3.05, 3.63) is 41.5 Å². The van der Waals surface area contributed by atoms with Crippen LogP contribution >= 0.6 is 0 Å². The number of rotatable bonds is 3. The van der Waals surface area contributed by atoms with Crippen molar-refractivity contribution in [3.63, 3.8) is 0 Å². The molecule has 1 saturated carbocycles. The van der Waals surface area contributed by atoms with Crippen LogP contribution in [-0.2, 0) is 4.74 Å². The van der Waals surface area contributed by atoms with E-state index in [0.29, 0.717) is 11.7 Å². The van der Waals surface area contributed by atoms with Gasteiger partial charge in [0.15, 0.2) is 0 Å². The zero-order valence-corrected chi connectivity index (χ0v) is 12.8. The van der Waals surface area contributed by atoms with Crippen LogP contribution in [0.3, 0.4) is 0 Å². The van der Waals surface area contributed by atoms with Gasteiger partial charge in [0, 0.05) is 11.6 Å². The third kappa shape index (κ3) is 2.86. The first kappa shape index (κ1) is 14.7. The van der Waals surface area contributed by atoms with E-state index >= 15 is 0 Å². The number of nitrogen functional groups attached to an aromatic ring is 1. The topological polar surface area (TPSA) is 65.5 Å². The number of hydrogen-bond acceptors (Lipinski definition) is 4. The summed E-state index contributed by atoms with van der Waals surface area (Å²) in [5.41, 5.74) is 8.31. The smallest absolute Gasteiger partial charge is 0.343 e. The number of methoxy groups -OCH3 is 1. The average molecular weight is 299 g/mol. The van der Waals surface area contributed by atoms with Crippen LogP contribution in [0.25, 0.3) is 11.3 Å². The van der Waals surface area contributed by atoms with Gasteiger partial charge in [-0.2, -0.15) is 0 Å². The Morgan fingerprint density at radius 1 is 1.18 bits per heavy atom. The number of benzene rings is 1. The third-order valence-corrected chi connectivity index (χ3v) is 4.44. The van der Waals surface area contributed by atoms with E-state index < -0.39 is 5.97 Å². The molecule has 1 aliphatic rings. The summed E-state index contributed by atoms with van der Waals surface area (Å²) in [6.45, 7) is 0. The highest BCUT2D eigenvalue weighted by atomic mass is 16.5. The zero-order valence-electron chi connectivity index (χ0n) is 12.8. The summed E-state index contributed by atoms with van der Waals surface area (Å²) >= 11 is 0. The molecule has 4 heteroatoms. The van der Waals surface area contributed by atoms with Crippen molar-refractivity contribution in [1.82, 2.24) is 0 Å². The maximum atomic E-state index is 11.6. The van der Waals surface area contributed by atoms with Crippen LogP contribution in [0.5, 0.6) is 0 Å². The van der Waals surface area contributed by atoms with Gasteiger partial charge in [0.05, 0.1) is 7.11 Å². The third-order valence-electron chi connectivity index (χ3n) is 4.44. The molecule has 1 aliphatic carbocycles. The standard InChI is InChI=1S/C18H21NO3/c1-21-18(20)15-11-16(22-17(15)19)14-9-7-13(8-10-14)12-5-3-2-4-6-12/h7-12H,2-6,19H2,1H3. The van der Waals surface area contributed by atoms with Gasteiger partial charge >= 0.3 is 5.97 Å². The van der Waals surface area contributed by atoms with Crippen molar-refractivity contribution in [2.45, 2.75) is 38.0 Å². The van der Waals surface area contributed by atoms with Crippen LogP contribution in [0, 0.1) is 0 Å². The van der Waals surface area contributed by atoms with E-state index in [-0.39, 0.29) is 11.4 Å². The molecule has 3 rings (SSSR count). The first-order valence-corrected chi connectivity index (χ1v) is 7.77. The molecule has 2 N–H and O–H groups in total. The van der Waals surface area contributed by atoms with Gasteiger partial charge in [-0.1, -0.05) is 43.5 Å². The Bertz CT molecular complexity index is 651. The summed E-state index contributed by atoms with van der Waals surface area (Å²) in [7, 11) is 1.33. The monoisotopic (exact) mass is 299 g/mol. The molecule has 0 radical (unpaired) electrons. The van der Waals surface area contributed by atoms with Crippen LogP contribution in [-0.4, -0.2) is 13.1 Å². The second kappa shape index (κ2) is 6.26. The van der Waals surface area contributed by atoms with Gasteiger partial charge in [-0.3, -0.25) is 0 Å². The summed E-state index contributed by atoms with van der Waals surface area (Å²) < 4.78 is 10.2. The predicted molar refractivity (Wildman–Crippen MR) is 85.7 cm³/mol. The fourth-order valence-electron chi connectivity index (χ4n) is 3.17. The lowest BCUT2D eigenvalue weighted by atomic mass is 9.84. The van der Waals surface area contributed by atoms with E-state index in [9.17, 15) is 4.79 Å². The van der Waals surface area contributed by atoms with Crippen LogP contribution in [0.15, 0.2) is 34.7 Å². The van der Waals surface area contributed by atoms with E-state index in [2.05, 4.69) is 16.9 Å². The minimum atomic E-state index is -0.480. The van der Waals surface area contributed by atoms with Gasteiger partial charge in [0.25, 0.3) is 0 Å². The number of hydrogen-bond donors (Lipinski definition) is 1. The second-order valence-corrected chi connectivity index (χ2v) is 5.84. The minimum Gasteiger partial charge on any atom is -0.465 e. The molecule has 0 saturated heterocycles. The Balaban J connectivity index is 1.82. The van der Waals surface area contributed by atoms with Crippen LogP contribution < -0.4 is 5.73 Å². The van der Waals surface area contributed by atoms with Crippen LogP contribution in [0.2, 0.25) is 0 Å². The first-order valence-electron chi connectivity index (χ1n) is 7.77. The maximum Gasteiger partial charge on any atom is 0.343 e. The number of esters is 1. The van der Waals surface area contributed by atoms with Crippen LogP contribution in [0.1, 0.15) is 53.9 Å². The van der Waals surface area contributed by atoms with Crippen molar-refractivity contribution in [2.75, 3.05) is 12.8 Å². The maximum absolute atomic E-state index is 11.6. The lowest BCUT2D eigenvalue weighted by Crippen LogP contribution is -2.04. The second-order valence-electron chi connectivity index (χ2n) is 5.84. The van der Waals surface area contributed by atoms with Gasteiger partial charge in [0.2, 0.25) is 5.88 Å². The lowest BCUT2D eigenvalue weighted by molar-refractivity contribution is 0.0601. The summed E-state index contributed by atoms with van der Waals surface area (Å²) in [6.07, 6.45) is 6.56. The molecule has 2 aromatic rings. The largest absolute Gasteiger partial charge is 0.465 e. The highest BCUT2D eigenvalue weighted by molar-refractivity contribution is 5.95. The Morgan fingerprint density at radius 3 is 2.50 bits per heavy atom. The molecule has 0 spiro atoms. The molecule has 1 aromatic carbocycles. The van der Waals surface area contributed by atoms with Crippen molar-refractivity contribution < 1.29 is 13.9 Å². The molecule has 116 valence electrons. The Hall–Kier alpha value is -2.23. The zero-order chi connectivity index (χ0) is 15.5. The van der Waals surface area contributed by atoms with Gasteiger partial charge in [-0.05, 0) is 24.3 Å². The molecule has 0 amide bonds.